The van der Waals surface area contributed by atoms with E-state index in [1.165, 1.54) is 70.6 Å². The first-order valence-electron chi connectivity index (χ1n) is 11.3. The monoisotopic (exact) mass is 436 g/mol. The maximum Gasteiger partial charge on any atom is 0.303 e. The summed E-state index contributed by atoms with van der Waals surface area (Å²) in [6, 6.07) is 0. The van der Waals surface area contributed by atoms with Gasteiger partial charge in [-0.1, -0.05) is 84.0 Å². The van der Waals surface area contributed by atoms with E-state index in [4.69, 9.17) is 30.6 Å². The van der Waals surface area contributed by atoms with Crippen LogP contribution in [-0.4, -0.2) is 73.9 Å². The van der Waals surface area contributed by atoms with Crippen LogP contribution >= 0.6 is 0 Å². The normalized spacial score (nSPS) is 14.9. The zero-order chi connectivity index (χ0) is 23.2. The van der Waals surface area contributed by atoms with Gasteiger partial charge in [0.15, 0.2) is 6.29 Å². The number of carbonyl (C=O) groups is 2. The zero-order valence-electron chi connectivity index (χ0n) is 18.5. The number of hydrogen-bond acceptors (Lipinski definition) is 7. The van der Waals surface area contributed by atoms with Crippen molar-refractivity contribution in [2.45, 2.75) is 121 Å². The van der Waals surface area contributed by atoms with Crippen molar-refractivity contribution in [2.24, 2.45) is 0 Å². The van der Waals surface area contributed by atoms with Gasteiger partial charge in [0.1, 0.15) is 24.4 Å². The van der Waals surface area contributed by atoms with E-state index in [1.54, 1.807) is 0 Å². The lowest BCUT2D eigenvalue weighted by molar-refractivity contribution is -0.137. The summed E-state index contributed by atoms with van der Waals surface area (Å²) in [4.78, 5) is 20.2. The second kappa shape index (κ2) is 22.6. The number of hydrogen-bond donors (Lipinski definition) is 6. The predicted octanol–water partition coefficient (Wildman–Crippen LogP) is 2.17. The fraction of sp³-hybridized carbons (Fsp3) is 0.909. The van der Waals surface area contributed by atoms with Crippen LogP contribution in [0.15, 0.2) is 0 Å². The molecule has 0 bridgehead atoms. The van der Waals surface area contributed by atoms with Crippen LogP contribution in [0, 0.1) is 0 Å². The molecular formula is C22H44O8. The Morgan fingerprint density at radius 2 is 1.13 bits per heavy atom. The van der Waals surface area contributed by atoms with E-state index in [2.05, 4.69) is 6.92 Å². The van der Waals surface area contributed by atoms with E-state index >= 15 is 0 Å². The highest BCUT2D eigenvalue weighted by molar-refractivity contribution is 5.66. The van der Waals surface area contributed by atoms with Crippen LogP contribution < -0.4 is 0 Å². The topological polar surface area (TPSA) is 156 Å². The molecule has 0 amide bonds. The Morgan fingerprint density at radius 1 is 0.733 bits per heavy atom. The van der Waals surface area contributed by atoms with Gasteiger partial charge in [-0.25, -0.2) is 0 Å². The summed E-state index contributed by atoms with van der Waals surface area (Å²) < 4.78 is 0. The Kier molecular flexibility index (Phi) is 23.5. The molecule has 0 saturated heterocycles. The van der Waals surface area contributed by atoms with Crippen LogP contribution in [0.4, 0.5) is 0 Å². The maximum atomic E-state index is 10.3. The summed E-state index contributed by atoms with van der Waals surface area (Å²) in [5.74, 6) is -0.655. The van der Waals surface area contributed by atoms with Crippen LogP contribution in [0.2, 0.25) is 0 Å². The summed E-state index contributed by atoms with van der Waals surface area (Å²) in [6.45, 7) is 1.50. The van der Waals surface area contributed by atoms with Gasteiger partial charge in [-0.2, -0.15) is 0 Å². The predicted molar refractivity (Wildman–Crippen MR) is 115 cm³/mol. The molecule has 0 rings (SSSR count). The van der Waals surface area contributed by atoms with Crippen molar-refractivity contribution in [1.29, 1.82) is 0 Å². The highest BCUT2D eigenvalue weighted by atomic mass is 16.4. The number of carboxylic acids is 1. The molecule has 30 heavy (non-hydrogen) atoms. The third kappa shape index (κ3) is 20.2. The summed E-state index contributed by atoms with van der Waals surface area (Å²) in [7, 11) is 0. The number of aldehydes is 1. The largest absolute Gasteiger partial charge is 0.481 e. The fourth-order valence-electron chi connectivity index (χ4n) is 2.91. The van der Waals surface area contributed by atoms with E-state index in [9.17, 15) is 9.59 Å². The van der Waals surface area contributed by atoms with Crippen molar-refractivity contribution in [2.75, 3.05) is 6.61 Å². The Balaban J connectivity index is 0. The molecule has 0 saturated carbocycles. The summed E-state index contributed by atoms with van der Waals surface area (Å²) in [5.41, 5.74) is 0. The van der Waals surface area contributed by atoms with Gasteiger partial charge in [-0.15, -0.1) is 0 Å². The van der Waals surface area contributed by atoms with Gasteiger partial charge >= 0.3 is 5.97 Å². The van der Waals surface area contributed by atoms with Crippen LogP contribution in [0.3, 0.4) is 0 Å². The number of aliphatic carboxylic acids is 1. The highest BCUT2D eigenvalue weighted by Gasteiger charge is 2.29. The van der Waals surface area contributed by atoms with Crippen LogP contribution in [0.1, 0.15) is 96.8 Å². The molecule has 0 aromatic heterocycles. The second-order valence-corrected chi connectivity index (χ2v) is 7.74. The number of unbranched alkanes of at least 4 members (excludes halogenated alkanes) is 12. The van der Waals surface area contributed by atoms with Crippen molar-refractivity contribution < 1.29 is 40.2 Å². The second-order valence-electron chi connectivity index (χ2n) is 7.74. The van der Waals surface area contributed by atoms with Crippen molar-refractivity contribution in [3.05, 3.63) is 0 Å². The molecule has 0 aromatic rings. The van der Waals surface area contributed by atoms with Gasteiger partial charge in [-0.3, -0.25) is 4.79 Å². The zero-order valence-corrected chi connectivity index (χ0v) is 18.5. The Bertz CT molecular complexity index is 391. The first kappa shape index (κ1) is 31.1. The van der Waals surface area contributed by atoms with Crippen molar-refractivity contribution >= 4 is 12.3 Å². The fourth-order valence-corrected chi connectivity index (χ4v) is 2.91. The number of carboxylic acid groups (broad SMARTS) is 1. The van der Waals surface area contributed by atoms with Gasteiger partial charge < -0.3 is 35.4 Å². The first-order chi connectivity index (χ1) is 14.3. The lowest BCUT2D eigenvalue weighted by Crippen LogP contribution is -2.46. The number of carbonyl (C=O) groups excluding carboxylic acids is 1. The van der Waals surface area contributed by atoms with Gasteiger partial charge in [0.25, 0.3) is 0 Å². The van der Waals surface area contributed by atoms with Gasteiger partial charge in [0, 0.05) is 6.42 Å². The standard InChI is InChI=1S/C16H32O2.C6H12O6/c1-2-3-4-5-6-7-8-9-10-11-12-13-14-15-16(17)18;7-1-3(9)5(11)6(12)4(10)2-8/h2-15H2,1H3,(H,17,18);1,3-6,8-12H,2H2/t;3-,4+,5+,6+/m.0/s1. The van der Waals surface area contributed by atoms with Crippen LogP contribution in [-0.2, 0) is 9.59 Å². The quantitative estimate of drug-likeness (QED) is 0.133. The first-order valence-corrected chi connectivity index (χ1v) is 11.3. The number of rotatable bonds is 19. The minimum atomic E-state index is -1.79. The average molecular weight is 437 g/mol. The third-order valence-electron chi connectivity index (χ3n) is 4.91. The van der Waals surface area contributed by atoms with Crippen LogP contribution in [0.5, 0.6) is 0 Å². The summed E-state index contributed by atoms with van der Waals surface area (Å²) >= 11 is 0. The number of aliphatic hydroxyl groups excluding tert-OH is 5. The molecule has 8 heteroatoms. The van der Waals surface area contributed by atoms with Crippen molar-refractivity contribution in [3.8, 4) is 0 Å². The van der Waals surface area contributed by atoms with Gasteiger partial charge in [0.05, 0.1) is 6.61 Å². The van der Waals surface area contributed by atoms with E-state index in [1.807, 2.05) is 0 Å². The SMILES string of the molecule is CCCCCCCCCCCCCCCC(=O)O.O=C[C@H](O)[C@@H](O)[C@H](O)[C@H](O)CO. The molecule has 0 radical (unpaired) electrons. The molecule has 0 aromatic carbocycles. The molecule has 0 fully saturated rings. The molecule has 0 unspecified atom stereocenters. The molecule has 4 atom stereocenters. The summed E-state index contributed by atoms with van der Waals surface area (Å²) in [6.07, 6.45) is 10.4. The Morgan fingerprint density at radius 3 is 1.47 bits per heavy atom. The maximum absolute atomic E-state index is 10.3. The summed E-state index contributed by atoms with van der Waals surface area (Å²) in [5, 5.41) is 52.0. The highest BCUT2D eigenvalue weighted by Crippen LogP contribution is 2.12. The molecule has 6 N–H and O–H groups in total. The minimum absolute atomic E-state index is 0.0258. The van der Waals surface area contributed by atoms with Crippen molar-refractivity contribution in [1.82, 2.24) is 0 Å². The molecule has 0 spiro atoms. The van der Waals surface area contributed by atoms with Crippen LogP contribution in [0.25, 0.3) is 0 Å². The molecule has 0 aliphatic heterocycles. The minimum Gasteiger partial charge on any atom is -0.481 e. The van der Waals surface area contributed by atoms with E-state index in [0.717, 1.165) is 12.8 Å². The van der Waals surface area contributed by atoms with E-state index in [-0.39, 0.29) is 6.29 Å². The van der Waals surface area contributed by atoms with Crippen molar-refractivity contribution in [3.63, 3.8) is 0 Å². The lowest BCUT2D eigenvalue weighted by atomic mass is 10.0. The Hall–Kier alpha value is -1.06. The molecule has 0 heterocycles. The molecule has 0 aliphatic carbocycles. The lowest BCUT2D eigenvalue weighted by Gasteiger charge is -2.22. The van der Waals surface area contributed by atoms with Gasteiger partial charge in [-0.05, 0) is 6.42 Å². The Labute approximate surface area is 180 Å². The van der Waals surface area contributed by atoms with Gasteiger partial charge in [0.2, 0.25) is 0 Å². The smallest absolute Gasteiger partial charge is 0.303 e. The molecule has 180 valence electrons. The number of aliphatic hydroxyl groups is 5. The molecule has 8 nitrogen and oxygen atoms in total. The molecule has 0 aliphatic rings. The van der Waals surface area contributed by atoms with E-state index < -0.39 is 37.0 Å². The molecular weight excluding hydrogens is 392 g/mol. The average Bonchev–Trinajstić information content (AvgIpc) is 2.74. The third-order valence-corrected chi connectivity index (χ3v) is 4.91. The van der Waals surface area contributed by atoms with E-state index in [0.29, 0.717) is 6.42 Å².